The standard InChI is InChI=1S/C14H18N4O2/c15-7-2-8-17-13(19)9-18-12-4-1-3-11(16)10(12)5-6-14(18)20/h5-6,11H,1-4,8-9,16H2,(H,17,19). The largest absolute Gasteiger partial charge is 0.354 e. The molecule has 0 aliphatic heterocycles. The van der Waals surface area contributed by atoms with Crippen LogP contribution < -0.4 is 16.6 Å². The number of nitrogens with zero attached hydrogens (tertiary/aromatic N) is 2. The van der Waals surface area contributed by atoms with Crippen LogP contribution in [0.1, 0.15) is 36.6 Å². The topological polar surface area (TPSA) is 101 Å². The fourth-order valence-electron chi connectivity index (χ4n) is 2.53. The van der Waals surface area contributed by atoms with Crippen LogP contribution in [0.4, 0.5) is 0 Å². The van der Waals surface area contributed by atoms with Crippen molar-refractivity contribution < 1.29 is 4.79 Å². The van der Waals surface area contributed by atoms with Crippen LogP contribution in [0.25, 0.3) is 0 Å². The van der Waals surface area contributed by atoms with Gasteiger partial charge in [0.25, 0.3) is 5.56 Å². The van der Waals surface area contributed by atoms with Crippen molar-refractivity contribution in [3.05, 3.63) is 33.7 Å². The maximum absolute atomic E-state index is 12.0. The van der Waals surface area contributed by atoms with Gasteiger partial charge in [-0.25, -0.2) is 0 Å². The van der Waals surface area contributed by atoms with Crippen LogP contribution in [0.2, 0.25) is 0 Å². The zero-order valence-corrected chi connectivity index (χ0v) is 11.3. The minimum atomic E-state index is -0.255. The van der Waals surface area contributed by atoms with Crippen molar-refractivity contribution in [2.45, 2.75) is 38.3 Å². The highest BCUT2D eigenvalue weighted by molar-refractivity contribution is 5.75. The zero-order valence-electron chi connectivity index (χ0n) is 11.3. The van der Waals surface area contributed by atoms with Crippen LogP contribution in [-0.2, 0) is 17.8 Å². The molecule has 1 amide bonds. The fourth-order valence-corrected chi connectivity index (χ4v) is 2.53. The summed E-state index contributed by atoms with van der Waals surface area (Å²) in [7, 11) is 0. The fraction of sp³-hybridized carbons (Fsp3) is 0.500. The highest BCUT2D eigenvalue weighted by Gasteiger charge is 2.21. The number of rotatable bonds is 4. The summed E-state index contributed by atoms with van der Waals surface area (Å²) in [5.74, 6) is -0.255. The highest BCUT2D eigenvalue weighted by atomic mass is 16.2. The number of hydrogen-bond acceptors (Lipinski definition) is 4. The number of nitriles is 1. The summed E-state index contributed by atoms with van der Waals surface area (Å²) < 4.78 is 1.50. The Kier molecular flexibility index (Phi) is 4.53. The Bertz CT molecular complexity index is 600. The van der Waals surface area contributed by atoms with Crippen molar-refractivity contribution in [2.24, 2.45) is 5.73 Å². The predicted molar refractivity (Wildman–Crippen MR) is 73.8 cm³/mol. The van der Waals surface area contributed by atoms with Crippen LogP contribution in [0.3, 0.4) is 0 Å². The van der Waals surface area contributed by atoms with Gasteiger partial charge in [0.15, 0.2) is 0 Å². The van der Waals surface area contributed by atoms with Gasteiger partial charge in [-0.2, -0.15) is 5.26 Å². The summed E-state index contributed by atoms with van der Waals surface area (Å²) in [6.07, 6.45) is 2.86. The van der Waals surface area contributed by atoms with Gasteiger partial charge in [0, 0.05) is 24.3 Å². The van der Waals surface area contributed by atoms with E-state index in [2.05, 4.69) is 5.32 Å². The molecule has 1 aliphatic rings. The summed E-state index contributed by atoms with van der Waals surface area (Å²) in [4.78, 5) is 23.7. The molecule has 1 aromatic rings. The number of nitrogens with two attached hydrogens (primary N) is 1. The molecular weight excluding hydrogens is 256 g/mol. The smallest absolute Gasteiger partial charge is 0.251 e. The molecule has 6 heteroatoms. The van der Waals surface area contributed by atoms with E-state index in [4.69, 9.17) is 11.0 Å². The molecule has 0 saturated carbocycles. The first-order valence-electron chi connectivity index (χ1n) is 6.75. The second-order valence-electron chi connectivity index (χ2n) is 4.92. The molecule has 1 aromatic heterocycles. The van der Waals surface area contributed by atoms with Crippen molar-refractivity contribution in [2.75, 3.05) is 6.54 Å². The van der Waals surface area contributed by atoms with Gasteiger partial charge in [-0.15, -0.1) is 0 Å². The number of carbonyl (C=O) groups excluding carboxylic acids is 1. The molecule has 0 spiro atoms. The molecule has 0 radical (unpaired) electrons. The average molecular weight is 274 g/mol. The van der Waals surface area contributed by atoms with Gasteiger partial charge >= 0.3 is 0 Å². The Morgan fingerprint density at radius 3 is 3.10 bits per heavy atom. The quantitative estimate of drug-likeness (QED) is 0.766. The van der Waals surface area contributed by atoms with Crippen LogP contribution in [0.15, 0.2) is 16.9 Å². The van der Waals surface area contributed by atoms with Crippen molar-refractivity contribution in [1.82, 2.24) is 9.88 Å². The van der Waals surface area contributed by atoms with Gasteiger partial charge in [0.1, 0.15) is 6.54 Å². The number of aromatic nitrogens is 1. The van der Waals surface area contributed by atoms with Gasteiger partial charge in [-0.05, 0) is 24.8 Å². The molecule has 3 N–H and O–H groups in total. The minimum absolute atomic E-state index is 0.0137. The first kappa shape index (κ1) is 14.3. The molecule has 0 saturated heterocycles. The molecule has 1 heterocycles. The summed E-state index contributed by atoms with van der Waals surface area (Å²) in [5, 5.41) is 11.1. The molecular formula is C14H18N4O2. The highest BCUT2D eigenvalue weighted by Crippen LogP contribution is 2.26. The second-order valence-corrected chi connectivity index (χ2v) is 4.92. The maximum atomic E-state index is 12.0. The molecule has 106 valence electrons. The number of carbonyl (C=O) groups is 1. The van der Waals surface area contributed by atoms with E-state index in [0.717, 1.165) is 30.5 Å². The first-order chi connectivity index (χ1) is 9.63. The van der Waals surface area contributed by atoms with Gasteiger partial charge in [-0.3, -0.25) is 9.59 Å². The number of pyridine rings is 1. The van der Waals surface area contributed by atoms with E-state index in [1.807, 2.05) is 6.07 Å². The molecule has 0 aromatic carbocycles. The average Bonchev–Trinajstić information content (AvgIpc) is 2.43. The molecule has 1 unspecified atom stereocenters. The van der Waals surface area contributed by atoms with Crippen molar-refractivity contribution in [3.8, 4) is 6.07 Å². The lowest BCUT2D eigenvalue weighted by Gasteiger charge is -2.25. The third-order valence-electron chi connectivity index (χ3n) is 3.52. The molecule has 20 heavy (non-hydrogen) atoms. The van der Waals surface area contributed by atoms with Gasteiger partial charge in [0.2, 0.25) is 5.91 Å². The van der Waals surface area contributed by atoms with E-state index in [1.165, 1.54) is 10.6 Å². The number of amides is 1. The Morgan fingerprint density at radius 2 is 2.35 bits per heavy atom. The lowest BCUT2D eigenvalue weighted by Crippen LogP contribution is -2.36. The van der Waals surface area contributed by atoms with Crippen LogP contribution >= 0.6 is 0 Å². The van der Waals surface area contributed by atoms with Crippen molar-refractivity contribution >= 4 is 5.91 Å². The Hall–Kier alpha value is -2.13. The van der Waals surface area contributed by atoms with E-state index in [0.29, 0.717) is 6.54 Å². The SMILES string of the molecule is N#CCCNC(=O)Cn1c2c(ccc1=O)C(N)CCC2. The first-order valence-corrected chi connectivity index (χ1v) is 6.75. The second kappa shape index (κ2) is 6.35. The predicted octanol–water partition coefficient (Wildman–Crippen LogP) is 0.214. The van der Waals surface area contributed by atoms with E-state index in [1.54, 1.807) is 6.07 Å². The lowest BCUT2D eigenvalue weighted by atomic mass is 9.91. The van der Waals surface area contributed by atoms with Crippen molar-refractivity contribution in [1.29, 1.82) is 5.26 Å². The van der Waals surface area contributed by atoms with Gasteiger partial charge < -0.3 is 15.6 Å². The van der Waals surface area contributed by atoms with Gasteiger partial charge in [0.05, 0.1) is 12.5 Å². The van der Waals surface area contributed by atoms with E-state index >= 15 is 0 Å². The third-order valence-corrected chi connectivity index (χ3v) is 3.52. The summed E-state index contributed by atoms with van der Waals surface area (Å²) >= 11 is 0. The Labute approximate surface area is 117 Å². The minimum Gasteiger partial charge on any atom is -0.354 e. The van der Waals surface area contributed by atoms with E-state index in [-0.39, 0.29) is 30.5 Å². The monoisotopic (exact) mass is 274 g/mol. The number of nitrogens with one attached hydrogen (secondary N) is 1. The molecule has 1 atom stereocenters. The number of fused-ring (bicyclic) bond motifs is 1. The summed E-state index contributed by atoms with van der Waals surface area (Å²) in [6, 6.07) is 5.13. The zero-order chi connectivity index (χ0) is 14.5. The van der Waals surface area contributed by atoms with Crippen LogP contribution in [0.5, 0.6) is 0 Å². The van der Waals surface area contributed by atoms with Crippen LogP contribution in [-0.4, -0.2) is 17.0 Å². The van der Waals surface area contributed by atoms with E-state index < -0.39 is 0 Å². The Morgan fingerprint density at radius 1 is 1.55 bits per heavy atom. The summed E-state index contributed by atoms with van der Waals surface area (Å²) in [6.45, 7) is 0.290. The maximum Gasteiger partial charge on any atom is 0.251 e. The molecule has 0 fully saturated rings. The molecule has 0 bridgehead atoms. The third kappa shape index (κ3) is 3.06. The molecule has 1 aliphatic carbocycles. The molecule has 2 rings (SSSR count). The van der Waals surface area contributed by atoms with Crippen LogP contribution in [0, 0.1) is 11.3 Å². The molecule has 6 nitrogen and oxygen atoms in total. The summed E-state index contributed by atoms with van der Waals surface area (Å²) in [5.41, 5.74) is 7.68. The van der Waals surface area contributed by atoms with Gasteiger partial charge in [-0.1, -0.05) is 6.07 Å². The number of hydrogen-bond donors (Lipinski definition) is 2. The Balaban J connectivity index is 2.19. The van der Waals surface area contributed by atoms with Crippen molar-refractivity contribution in [3.63, 3.8) is 0 Å². The lowest BCUT2D eigenvalue weighted by molar-refractivity contribution is -0.121. The normalized spacial score (nSPS) is 17.1. The van der Waals surface area contributed by atoms with E-state index in [9.17, 15) is 9.59 Å².